The number of hydrogen-bond donors (Lipinski definition) is 3. The van der Waals surface area contributed by atoms with E-state index >= 15 is 0 Å². The number of nitrogens with two attached hydrogens (primary N) is 1. The van der Waals surface area contributed by atoms with Crippen LogP contribution >= 0.6 is 0 Å². The number of hydrogen-bond acceptors (Lipinski definition) is 6. The van der Waals surface area contributed by atoms with Gasteiger partial charge in [0.2, 0.25) is 5.95 Å². The third kappa shape index (κ3) is 2.36. The first kappa shape index (κ1) is 11.0. The smallest absolute Gasteiger partial charge is 0.276 e. The molecule has 0 atom stereocenters. The Morgan fingerprint density at radius 2 is 2.12 bits per heavy atom. The van der Waals surface area contributed by atoms with Crippen LogP contribution in [0.4, 0.5) is 11.8 Å². The third-order valence-electron chi connectivity index (χ3n) is 2.16. The largest absolute Gasteiger partial charge is 0.382 e. The molecule has 4 N–H and O–H groups in total. The lowest BCUT2D eigenvalue weighted by atomic mass is 10.4. The van der Waals surface area contributed by atoms with E-state index in [2.05, 4.69) is 30.7 Å². The maximum absolute atomic E-state index is 11.7. The predicted molar refractivity (Wildman–Crippen MR) is 60.3 cm³/mol. The van der Waals surface area contributed by atoms with Gasteiger partial charge in [-0.05, 0) is 13.8 Å². The summed E-state index contributed by atoms with van der Waals surface area (Å²) >= 11 is 0. The van der Waals surface area contributed by atoms with Gasteiger partial charge in [0.15, 0.2) is 0 Å². The molecule has 0 aliphatic carbocycles. The first-order chi connectivity index (χ1) is 8.06. The normalized spacial score (nSPS) is 10.2. The summed E-state index contributed by atoms with van der Waals surface area (Å²) in [7, 11) is 0. The molecule has 8 nitrogen and oxygen atoms in total. The standard InChI is InChI=1S/C9H11N7O/c1-4-5(2)13-16-9(11-4)12-8(17)6-3-7(10)15-14-6/h3H,1-2H3,(H3,10,14,15)(H,11,12,16,17). The summed E-state index contributed by atoms with van der Waals surface area (Å²) in [5.41, 5.74) is 7.05. The van der Waals surface area contributed by atoms with Gasteiger partial charge in [-0.3, -0.25) is 15.2 Å². The number of nitrogens with one attached hydrogen (secondary N) is 2. The fourth-order valence-electron chi connectivity index (χ4n) is 1.13. The van der Waals surface area contributed by atoms with Crippen LogP contribution < -0.4 is 11.1 Å². The third-order valence-corrected chi connectivity index (χ3v) is 2.16. The molecule has 0 bridgehead atoms. The van der Waals surface area contributed by atoms with Gasteiger partial charge in [-0.15, -0.1) is 5.10 Å². The molecule has 88 valence electrons. The summed E-state index contributed by atoms with van der Waals surface area (Å²) in [6.07, 6.45) is 0. The maximum Gasteiger partial charge on any atom is 0.276 e. The van der Waals surface area contributed by atoms with E-state index in [9.17, 15) is 4.79 Å². The quantitative estimate of drug-likeness (QED) is 0.673. The van der Waals surface area contributed by atoms with Crippen LogP contribution in [0.25, 0.3) is 0 Å². The van der Waals surface area contributed by atoms with Gasteiger partial charge < -0.3 is 5.73 Å². The zero-order chi connectivity index (χ0) is 12.4. The molecule has 2 aromatic heterocycles. The molecule has 0 aliphatic rings. The van der Waals surface area contributed by atoms with Crippen molar-refractivity contribution in [2.45, 2.75) is 13.8 Å². The molecule has 0 unspecified atom stereocenters. The molecule has 0 spiro atoms. The molecule has 0 fully saturated rings. The molecule has 2 rings (SSSR count). The Bertz CT molecular complexity index is 562. The number of nitrogens with zero attached hydrogens (tertiary/aromatic N) is 4. The van der Waals surface area contributed by atoms with Crippen molar-refractivity contribution in [2.75, 3.05) is 11.1 Å². The average Bonchev–Trinajstić information content (AvgIpc) is 2.70. The van der Waals surface area contributed by atoms with Crippen LogP contribution in [-0.2, 0) is 0 Å². The number of aromatic amines is 1. The summed E-state index contributed by atoms with van der Waals surface area (Å²) in [4.78, 5) is 15.8. The van der Waals surface area contributed by atoms with Crippen LogP contribution in [0.1, 0.15) is 21.9 Å². The number of rotatable bonds is 2. The number of nitrogen functional groups attached to an aromatic ring is 1. The van der Waals surface area contributed by atoms with Crippen molar-refractivity contribution in [1.82, 2.24) is 25.4 Å². The first-order valence-electron chi connectivity index (χ1n) is 4.86. The van der Waals surface area contributed by atoms with E-state index in [0.29, 0.717) is 11.4 Å². The highest BCUT2D eigenvalue weighted by molar-refractivity contribution is 6.02. The van der Waals surface area contributed by atoms with Gasteiger partial charge in [0.1, 0.15) is 11.5 Å². The van der Waals surface area contributed by atoms with Crippen LogP contribution in [-0.4, -0.2) is 31.3 Å². The van der Waals surface area contributed by atoms with Crippen molar-refractivity contribution in [3.05, 3.63) is 23.1 Å². The minimum Gasteiger partial charge on any atom is -0.382 e. The van der Waals surface area contributed by atoms with Gasteiger partial charge in [0, 0.05) is 6.07 Å². The number of anilines is 2. The van der Waals surface area contributed by atoms with Crippen LogP contribution in [0, 0.1) is 13.8 Å². The molecule has 0 aromatic carbocycles. The van der Waals surface area contributed by atoms with E-state index < -0.39 is 5.91 Å². The van der Waals surface area contributed by atoms with E-state index in [1.165, 1.54) is 6.07 Å². The Morgan fingerprint density at radius 1 is 1.35 bits per heavy atom. The highest BCUT2D eigenvalue weighted by atomic mass is 16.2. The van der Waals surface area contributed by atoms with E-state index in [0.717, 1.165) is 0 Å². The molecule has 17 heavy (non-hydrogen) atoms. The Labute approximate surface area is 96.7 Å². The van der Waals surface area contributed by atoms with Crippen molar-refractivity contribution >= 4 is 17.7 Å². The topological polar surface area (TPSA) is 122 Å². The highest BCUT2D eigenvalue weighted by Crippen LogP contribution is 2.05. The summed E-state index contributed by atoms with van der Waals surface area (Å²) in [5.74, 6) is -0.0280. The molecular formula is C9H11N7O. The van der Waals surface area contributed by atoms with Gasteiger partial charge in [-0.1, -0.05) is 0 Å². The van der Waals surface area contributed by atoms with E-state index in [-0.39, 0.29) is 17.5 Å². The molecule has 0 saturated carbocycles. The average molecular weight is 233 g/mol. The molecular weight excluding hydrogens is 222 g/mol. The SMILES string of the molecule is Cc1nnc(NC(=O)c2cc(N)n[nH]2)nc1C. The zero-order valence-electron chi connectivity index (χ0n) is 9.35. The van der Waals surface area contributed by atoms with E-state index in [1.807, 2.05) is 0 Å². The van der Waals surface area contributed by atoms with Crippen molar-refractivity contribution in [3.8, 4) is 0 Å². The van der Waals surface area contributed by atoms with E-state index in [1.54, 1.807) is 13.8 Å². The lowest BCUT2D eigenvalue weighted by Crippen LogP contribution is -2.16. The second-order valence-electron chi connectivity index (χ2n) is 3.47. The van der Waals surface area contributed by atoms with Gasteiger partial charge in [-0.25, -0.2) is 4.98 Å². The lowest BCUT2D eigenvalue weighted by Gasteiger charge is -2.02. The highest BCUT2D eigenvalue weighted by Gasteiger charge is 2.11. The molecule has 2 heterocycles. The van der Waals surface area contributed by atoms with Crippen LogP contribution in [0.15, 0.2) is 6.07 Å². The molecule has 0 aliphatic heterocycles. The lowest BCUT2D eigenvalue weighted by molar-refractivity contribution is 0.102. The minimum atomic E-state index is -0.417. The van der Waals surface area contributed by atoms with Gasteiger partial charge in [0.25, 0.3) is 5.91 Å². The number of amides is 1. The fraction of sp³-hybridized carbons (Fsp3) is 0.222. The molecule has 1 amide bonds. The van der Waals surface area contributed by atoms with Crippen LogP contribution in [0.5, 0.6) is 0 Å². The minimum absolute atomic E-state index is 0.145. The summed E-state index contributed by atoms with van der Waals surface area (Å²) < 4.78 is 0. The second kappa shape index (κ2) is 4.16. The van der Waals surface area contributed by atoms with Crippen molar-refractivity contribution in [1.29, 1.82) is 0 Å². The van der Waals surface area contributed by atoms with Gasteiger partial charge >= 0.3 is 0 Å². The van der Waals surface area contributed by atoms with Gasteiger partial charge in [-0.2, -0.15) is 10.2 Å². The Balaban J connectivity index is 2.15. The fourth-order valence-corrected chi connectivity index (χ4v) is 1.13. The molecule has 8 heteroatoms. The van der Waals surface area contributed by atoms with Gasteiger partial charge in [0.05, 0.1) is 11.4 Å². The van der Waals surface area contributed by atoms with Crippen molar-refractivity contribution < 1.29 is 4.79 Å². The first-order valence-corrected chi connectivity index (χ1v) is 4.86. The number of aromatic nitrogens is 5. The number of carbonyl (C=O) groups excluding carboxylic acids is 1. The van der Waals surface area contributed by atoms with Crippen LogP contribution in [0.2, 0.25) is 0 Å². The number of H-pyrrole nitrogens is 1. The number of carbonyl (C=O) groups is 1. The summed E-state index contributed by atoms with van der Waals surface area (Å²) in [6.45, 7) is 3.57. The second-order valence-corrected chi connectivity index (χ2v) is 3.47. The monoisotopic (exact) mass is 233 g/mol. The maximum atomic E-state index is 11.7. The summed E-state index contributed by atoms with van der Waals surface area (Å²) in [6, 6.07) is 1.42. The van der Waals surface area contributed by atoms with Crippen molar-refractivity contribution in [2.24, 2.45) is 0 Å². The summed E-state index contributed by atoms with van der Waals surface area (Å²) in [5, 5.41) is 16.2. The Kier molecular flexibility index (Phi) is 2.69. The molecule has 0 radical (unpaired) electrons. The number of aryl methyl sites for hydroxylation is 2. The molecule has 2 aromatic rings. The van der Waals surface area contributed by atoms with Crippen molar-refractivity contribution in [3.63, 3.8) is 0 Å². The molecule has 0 saturated heterocycles. The Morgan fingerprint density at radius 3 is 2.71 bits per heavy atom. The predicted octanol–water partition coefficient (Wildman–Crippen LogP) is 0.0460. The van der Waals surface area contributed by atoms with Crippen LogP contribution in [0.3, 0.4) is 0 Å². The Hall–Kier alpha value is -2.51. The zero-order valence-corrected chi connectivity index (χ0v) is 9.35. The van der Waals surface area contributed by atoms with E-state index in [4.69, 9.17) is 5.73 Å².